The summed E-state index contributed by atoms with van der Waals surface area (Å²) in [6.45, 7) is 4.13. The number of nitrogens with one attached hydrogen (secondary N) is 2. The van der Waals surface area contributed by atoms with Crippen LogP contribution in [0, 0.1) is 5.82 Å². The van der Waals surface area contributed by atoms with Crippen LogP contribution < -0.4 is 20.1 Å². The standard InChI is InChI=1S/C23H31FN4O3/c1-25-23(26-15-17-7-8-21(29-2)22(13-17)30-3)27-16-20(28-9-11-31-12-10-28)18-5-4-6-19(24)14-18/h4-8,13-14,20H,9-12,15-16H2,1-3H3,(H2,25,26,27). The maximum Gasteiger partial charge on any atom is 0.191 e. The van der Waals surface area contributed by atoms with E-state index < -0.39 is 0 Å². The molecule has 0 spiro atoms. The molecule has 168 valence electrons. The van der Waals surface area contributed by atoms with E-state index in [0.717, 1.165) is 24.2 Å². The maximum atomic E-state index is 13.9. The summed E-state index contributed by atoms with van der Waals surface area (Å²) >= 11 is 0. The van der Waals surface area contributed by atoms with Gasteiger partial charge < -0.3 is 24.8 Å². The second-order valence-electron chi connectivity index (χ2n) is 7.22. The third kappa shape index (κ3) is 6.32. The van der Waals surface area contributed by atoms with E-state index in [4.69, 9.17) is 14.2 Å². The Kier molecular flexibility index (Phi) is 8.49. The minimum absolute atomic E-state index is 0.0132. The Morgan fingerprint density at radius 2 is 1.87 bits per heavy atom. The quantitative estimate of drug-likeness (QED) is 0.496. The first kappa shape index (κ1) is 22.8. The molecule has 0 saturated carbocycles. The van der Waals surface area contributed by atoms with Gasteiger partial charge in [0.05, 0.1) is 33.5 Å². The number of aliphatic imine (C=N–C) groups is 1. The third-order valence-electron chi connectivity index (χ3n) is 5.31. The van der Waals surface area contributed by atoms with Crippen molar-refractivity contribution in [2.24, 2.45) is 4.99 Å². The van der Waals surface area contributed by atoms with Crippen LogP contribution in [0.25, 0.3) is 0 Å². The lowest BCUT2D eigenvalue weighted by atomic mass is 10.0. The molecule has 1 saturated heterocycles. The van der Waals surface area contributed by atoms with Gasteiger partial charge in [-0.2, -0.15) is 0 Å². The summed E-state index contributed by atoms with van der Waals surface area (Å²) in [5.74, 6) is 1.82. The summed E-state index contributed by atoms with van der Waals surface area (Å²) in [5.41, 5.74) is 1.97. The fraction of sp³-hybridized carbons (Fsp3) is 0.435. The fourth-order valence-corrected chi connectivity index (χ4v) is 3.65. The van der Waals surface area contributed by atoms with Crippen LogP contribution in [0.5, 0.6) is 11.5 Å². The average Bonchev–Trinajstić information content (AvgIpc) is 2.81. The van der Waals surface area contributed by atoms with Gasteiger partial charge in [0.25, 0.3) is 0 Å². The molecule has 1 aliphatic heterocycles. The number of rotatable bonds is 8. The van der Waals surface area contributed by atoms with Crippen molar-refractivity contribution in [2.75, 3.05) is 54.1 Å². The van der Waals surface area contributed by atoms with Crippen LogP contribution >= 0.6 is 0 Å². The van der Waals surface area contributed by atoms with Crippen molar-refractivity contribution >= 4 is 5.96 Å². The first-order chi connectivity index (χ1) is 15.1. The molecule has 2 N–H and O–H groups in total. The molecule has 0 radical (unpaired) electrons. The van der Waals surface area contributed by atoms with Crippen molar-refractivity contribution in [1.29, 1.82) is 0 Å². The SMILES string of the molecule is CN=C(NCc1ccc(OC)c(OC)c1)NCC(c1cccc(F)c1)N1CCOCC1. The summed E-state index contributed by atoms with van der Waals surface area (Å²) in [4.78, 5) is 6.64. The van der Waals surface area contributed by atoms with Gasteiger partial charge in [-0.3, -0.25) is 9.89 Å². The van der Waals surface area contributed by atoms with Gasteiger partial charge in [-0.25, -0.2) is 4.39 Å². The predicted molar refractivity (Wildman–Crippen MR) is 119 cm³/mol. The summed E-state index contributed by atoms with van der Waals surface area (Å²) < 4.78 is 30.0. The van der Waals surface area contributed by atoms with Crippen LogP contribution in [0.15, 0.2) is 47.5 Å². The fourth-order valence-electron chi connectivity index (χ4n) is 3.65. The van der Waals surface area contributed by atoms with E-state index in [1.807, 2.05) is 24.3 Å². The van der Waals surface area contributed by atoms with Gasteiger partial charge in [0.15, 0.2) is 17.5 Å². The zero-order valence-electron chi connectivity index (χ0n) is 18.4. The van der Waals surface area contributed by atoms with Crippen molar-refractivity contribution in [3.63, 3.8) is 0 Å². The average molecular weight is 431 g/mol. The Hall–Kier alpha value is -2.84. The molecule has 8 heteroatoms. The molecule has 0 amide bonds. The minimum Gasteiger partial charge on any atom is -0.493 e. The summed E-state index contributed by atoms with van der Waals surface area (Å²) in [6, 6.07) is 12.6. The lowest BCUT2D eigenvalue weighted by Crippen LogP contribution is -2.46. The Morgan fingerprint density at radius 1 is 1.10 bits per heavy atom. The topological polar surface area (TPSA) is 67.4 Å². The molecular formula is C23H31FN4O3. The highest BCUT2D eigenvalue weighted by atomic mass is 19.1. The van der Waals surface area contributed by atoms with Crippen molar-refractivity contribution in [3.8, 4) is 11.5 Å². The van der Waals surface area contributed by atoms with Gasteiger partial charge in [0.2, 0.25) is 0 Å². The maximum absolute atomic E-state index is 13.9. The Balaban J connectivity index is 1.64. The molecule has 1 aliphatic rings. The van der Waals surface area contributed by atoms with E-state index in [-0.39, 0.29) is 11.9 Å². The number of halogens is 1. The molecule has 7 nitrogen and oxygen atoms in total. The molecule has 2 aromatic carbocycles. The van der Waals surface area contributed by atoms with Gasteiger partial charge in [0.1, 0.15) is 5.82 Å². The summed E-state index contributed by atoms with van der Waals surface area (Å²) in [5, 5.41) is 6.71. The number of morpholine rings is 1. The summed E-state index contributed by atoms with van der Waals surface area (Å²) in [7, 11) is 4.97. The highest BCUT2D eigenvalue weighted by Crippen LogP contribution is 2.27. The molecule has 3 rings (SSSR count). The third-order valence-corrected chi connectivity index (χ3v) is 5.31. The second-order valence-corrected chi connectivity index (χ2v) is 7.22. The molecule has 0 aromatic heterocycles. The molecule has 0 aliphatic carbocycles. The molecular weight excluding hydrogens is 399 g/mol. The van der Waals surface area contributed by atoms with E-state index in [1.54, 1.807) is 33.4 Å². The summed E-state index contributed by atoms with van der Waals surface area (Å²) in [6.07, 6.45) is 0. The van der Waals surface area contributed by atoms with E-state index in [9.17, 15) is 4.39 Å². The molecule has 1 unspecified atom stereocenters. The first-order valence-corrected chi connectivity index (χ1v) is 10.4. The smallest absolute Gasteiger partial charge is 0.191 e. The van der Waals surface area contributed by atoms with E-state index >= 15 is 0 Å². The van der Waals surface area contributed by atoms with Gasteiger partial charge >= 0.3 is 0 Å². The number of ether oxygens (including phenoxy) is 3. The zero-order chi connectivity index (χ0) is 22.1. The van der Waals surface area contributed by atoms with Gasteiger partial charge in [-0.05, 0) is 35.4 Å². The lowest BCUT2D eigenvalue weighted by Gasteiger charge is -2.35. The second kappa shape index (κ2) is 11.5. The Bertz CT molecular complexity index is 872. The highest BCUT2D eigenvalue weighted by molar-refractivity contribution is 5.79. The van der Waals surface area contributed by atoms with Crippen molar-refractivity contribution in [3.05, 3.63) is 59.4 Å². The Labute approximate surface area is 183 Å². The van der Waals surface area contributed by atoms with Gasteiger partial charge in [-0.15, -0.1) is 0 Å². The highest BCUT2D eigenvalue weighted by Gasteiger charge is 2.23. The van der Waals surface area contributed by atoms with E-state index in [0.29, 0.717) is 43.8 Å². The van der Waals surface area contributed by atoms with Crippen molar-refractivity contribution in [2.45, 2.75) is 12.6 Å². The lowest BCUT2D eigenvalue weighted by molar-refractivity contribution is 0.0169. The Morgan fingerprint density at radius 3 is 2.55 bits per heavy atom. The predicted octanol–water partition coefficient (Wildman–Crippen LogP) is 2.58. The van der Waals surface area contributed by atoms with E-state index in [2.05, 4.69) is 20.5 Å². The molecule has 1 fully saturated rings. The zero-order valence-corrected chi connectivity index (χ0v) is 18.4. The molecule has 0 bridgehead atoms. The largest absolute Gasteiger partial charge is 0.493 e. The number of nitrogens with zero attached hydrogens (tertiary/aromatic N) is 2. The van der Waals surface area contributed by atoms with Crippen LogP contribution in [-0.4, -0.2) is 65.0 Å². The van der Waals surface area contributed by atoms with Crippen LogP contribution in [0.1, 0.15) is 17.2 Å². The van der Waals surface area contributed by atoms with Crippen molar-refractivity contribution in [1.82, 2.24) is 15.5 Å². The molecule has 1 heterocycles. The number of benzene rings is 2. The normalized spacial score (nSPS) is 15.9. The number of guanidine groups is 1. The molecule has 1 atom stereocenters. The monoisotopic (exact) mass is 430 g/mol. The van der Waals surface area contributed by atoms with Crippen LogP contribution in [0.3, 0.4) is 0 Å². The van der Waals surface area contributed by atoms with Crippen LogP contribution in [0.4, 0.5) is 4.39 Å². The first-order valence-electron chi connectivity index (χ1n) is 10.4. The minimum atomic E-state index is -0.230. The number of hydrogen-bond donors (Lipinski definition) is 2. The number of methoxy groups -OCH3 is 2. The van der Waals surface area contributed by atoms with Crippen molar-refractivity contribution < 1.29 is 18.6 Å². The molecule has 2 aromatic rings. The van der Waals surface area contributed by atoms with Crippen LogP contribution in [-0.2, 0) is 11.3 Å². The number of hydrogen-bond acceptors (Lipinski definition) is 5. The van der Waals surface area contributed by atoms with Gasteiger partial charge in [0, 0.05) is 33.2 Å². The van der Waals surface area contributed by atoms with Gasteiger partial charge in [-0.1, -0.05) is 18.2 Å². The molecule has 31 heavy (non-hydrogen) atoms. The van der Waals surface area contributed by atoms with Crippen LogP contribution in [0.2, 0.25) is 0 Å². The van der Waals surface area contributed by atoms with E-state index in [1.165, 1.54) is 6.07 Å².